The van der Waals surface area contributed by atoms with E-state index in [1.54, 1.807) is 0 Å². The first kappa shape index (κ1) is 18.9. The van der Waals surface area contributed by atoms with Crippen molar-refractivity contribution in [1.29, 1.82) is 5.26 Å². The maximum absolute atomic E-state index is 12.1. The summed E-state index contributed by atoms with van der Waals surface area (Å²) in [5.41, 5.74) is 0.0933. The number of nitrogens with zero attached hydrogens (tertiary/aromatic N) is 1. The number of esters is 2. The van der Waals surface area contributed by atoms with Crippen LogP contribution in [0.4, 0.5) is 0 Å². The molecule has 0 amide bonds. The summed E-state index contributed by atoms with van der Waals surface area (Å²) >= 11 is 0. The van der Waals surface area contributed by atoms with Crippen molar-refractivity contribution in [3.63, 3.8) is 0 Å². The van der Waals surface area contributed by atoms with E-state index >= 15 is 0 Å². The zero-order valence-corrected chi connectivity index (χ0v) is 14.5. The van der Waals surface area contributed by atoms with Gasteiger partial charge in [-0.25, -0.2) is 0 Å². The first-order valence-corrected chi connectivity index (χ1v) is 8.55. The highest BCUT2D eigenvalue weighted by Gasteiger charge is 2.37. The maximum atomic E-state index is 12.1. The molecule has 1 saturated carbocycles. The summed E-state index contributed by atoms with van der Waals surface area (Å²) < 4.78 is 10.0. The van der Waals surface area contributed by atoms with Crippen LogP contribution in [0.15, 0.2) is 30.3 Å². The van der Waals surface area contributed by atoms with Crippen LogP contribution in [-0.2, 0) is 25.7 Å². The van der Waals surface area contributed by atoms with E-state index in [1.807, 2.05) is 30.3 Å². The van der Waals surface area contributed by atoms with Gasteiger partial charge in [0.15, 0.2) is 0 Å². The van der Waals surface area contributed by atoms with Crippen molar-refractivity contribution in [1.82, 2.24) is 5.32 Å². The second-order valence-corrected chi connectivity index (χ2v) is 6.33. The molecule has 0 radical (unpaired) electrons. The molecule has 0 saturated heterocycles. The molecule has 0 heterocycles. The van der Waals surface area contributed by atoms with E-state index in [9.17, 15) is 14.9 Å². The predicted octanol–water partition coefficient (Wildman–Crippen LogP) is 2.48. The van der Waals surface area contributed by atoms with Crippen LogP contribution < -0.4 is 5.32 Å². The van der Waals surface area contributed by atoms with Crippen LogP contribution in [0.3, 0.4) is 0 Å². The smallest absolute Gasteiger partial charge is 0.323 e. The van der Waals surface area contributed by atoms with Crippen LogP contribution >= 0.6 is 0 Å². The van der Waals surface area contributed by atoms with Crippen LogP contribution in [0.5, 0.6) is 0 Å². The summed E-state index contributed by atoms with van der Waals surface area (Å²) in [5.74, 6) is -1.06. The number of benzene rings is 1. The molecule has 134 valence electrons. The van der Waals surface area contributed by atoms with Gasteiger partial charge in [-0.1, -0.05) is 49.6 Å². The van der Waals surface area contributed by atoms with E-state index in [0.29, 0.717) is 12.8 Å². The third kappa shape index (κ3) is 5.57. The largest absolute Gasteiger partial charge is 0.468 e. The van der Waals surface area contributed by atoms with Gasteiger partial charge in [0.2, 0.25) is 0 Å². The number of methoxy groups -OCH3 is 1. The first-order valence-electron chi connectivity index (χ1n) is 8.55. The third-order valence-corrected chi connectivity index (χ3v) is 4.47. The lowest BCUT2D eigenvalue weighted by molar-refractivity contribution is -0.152. The van der Waals surface area contributed by atoms with Gasteiger partial charge in [-0.05, 0) is 18.4 Å². The summed E-state index contributed by atoms with van der Waals surface area (Å²) in [6.45, 7) is 0.150. The Balaban J connectivity index is 1.96. The van der Waals surface area contributed by atoms with Gasteiger partial charge >= 0.3 is 11.9 Å². The third-order valence-electron chi connectivity index (χ3n) is 4.47. The zero-order valence-electron chi connectivity index (χ0n) is 14.5. The molecule has 1 N–H and O–H groups in total. The van der Waals surface area contributed by atoms with Crippen LogP contribution in [0.25, 0.3) is 0 Å². The highest BCUT2D eigenvalue weighted by atomic mass is 16.5. The number of nitrogens with one attached hydrogen (secondary N) is 1. The quantitative estimate of drug-likeness (QED) is 0.765. The molecule has 0 aromatic heterocycles. The van der Waals surface area contributed by atoms with E-state index in [4.69, 9.17) is 9.47 Å². The molecule has 2 rings (SSSR count). The van der Waals surface area contributed by atoms with E-state index in [2.05, 4.69) is 11.4 Å². The Kier molecular flexibility index (Phi) is 6.96. The minimum Gasteiger partial charge on any atom is -0.468 e. The van der Waals surface area contributed by atoms with Crippen molar-refractivity contribution in [2.24, 2.45) is 0 Å². The summed E-state index contributed by atoms with van der Waals surface area (Å²) in [6, 6.07) is 10.7. The second-order valence-electron chi connectivity index (χ2n) is 6.33. The molecular weight excluding hydrogens is 320 g/mol. The lowest BCUT2D eigenvalue weighted by atomic mass is 9.82. The second kappa shape index (κ2) is 9.19. The fourth-order valence-corrected chi connectivity index (χ4v) is 3.08. The van der Waals surface area contributed by atoms with E-state index < -0.39 is 23.5 Å². The van der Waals surface area contributed by atoms with Crippen molar-refractivity contribution < 1.29 is 19.1 Å². The van der Waals surface area contributed by atoms with Crippen molar-refractivity contribution in [3.8, 4) is 6.07 Å². The normalized spacial score (nSPS) is 17.1. The average molecular weight is 344 g/mol. The zero-order chi connectivity index (χ0) is 18.1. The van der Waals surface area contributed by atoms with Gasteiger partial charge in [-0.2, -0.15) is 5.26 Å². The summed E-state index contributed by atoms with van der Waals surface area (Å²) in [4.78, 5) is 24.2. The molecule has 1 aliphatic rings. The molecule has 6 nitrogen and oxygen atoms in total. The Bertz CT molecular complexity index is 618. The Labute approximate surface area is 148 Å². The molecular formula is C19H24N2O4. The van der Waals surface area contributed by atoms with E-state index in [1.165, 1.54) is 7.11 Å². The Morgan fingerprint density at radius 2 is 1.92 bits per heavy atom. The number of carbonyl (C=O) groups excluding carboxylic acids is 2. The van der Waals surface area contributed by atoms with Crippen molar-refractivity contribution >= 4 is 11.9 Å². The summed E-state index contributed by atoms with van der Waals surface area (Å²) in [5, 5.41) is 12.6. The predicted molar refractivity (Wildman–Crippen MR) is 91.2 cm³/mol. The number of ether oxygens (including phenoxy) is 2. The fourth-order valence-electron chi connectivity index (χ4n) is 3.08. The Morgan fingerprint density at radius 1 is 1.24 bits per heavy atom. The van der Waals surface area contributed by atoms with E-state index in [0.717, 1.165) is 24.8 Å². The lowest BCUT2D eigenvalue weighted by Gasteiger charge is -2.34. The molecule has 1 aliphatic carbocycles. The van der Waals surface area contributed by atoms with Gasteiger partial charge < -0.3 is 9.47 Å². The van der Waals surface area contributed by atoms with Gasteiger partial charge in [0.05, 0.1) is 19.6 Å². The molecule has 0 unspecified atom stereocenters. The minimum atomic E-state index is -0.883. The topological polar surface area (TPSA) is 88.4 Å². The van der Waals surface area contributed by atoms with Gasteiger partial charge in [-0.15, -0.1) is 0 Å². The number of hydrogen-bond acceptors (Lipinski definition) is 6. The van der Waals surface area contributed by atoms with Gasteiger partial charge in [-0.3, -0.25) is 14.9 Å². The van der Waals surface area contributed by atoms with Crippen LogP contribution in [-0.4, -0.2) is 30.6 Å². The molecule has 0 spiro atoms. The minimum absolute atomic E-state index is 0.150. The monoisotopic (exact) mass is 344 g/mol. The van der Waals surface area contributed by atoms with E-state index in [-0.39, 0.29) is 13.0 Å². The van der Waals surface area contributed by atoms with Crippen LogP contribution in [0.2, 0.25) is 0 Å². The molecule has 1 atom stereocenters. The molecule has 1 aromatic carbocycles. The molecule has 0 bridgehead atoms. The molecule has 6 heteroatoms. The molecule has 1 fully saturated rings. The fraction of sp³-hybridized carbons (Fsp3) is 0.526. The lowest BCUT2D eigenvalue weighted by Crippen LogP contribution is -2.54. The van der Waals surface area contributed by atoms with Crippen molar-refractivity contribution in [3.05, 3.63) is 35.9 Å². The molecule has 0 aliphatic heterocycles. The van der Waals surface area contributed by atoms with Gasteiger partial charge in [0, 0.05) is 0 Å². The average Bonchev–Trinajstić information content (AvgIpc) is 2.66. The summed E-state index contributed by atoms with van der Waals surface area (Å²) in [6.07, 6.45) is 4.09. The van der Waals surface area contributed by atoms with Crippen molar-refractivity contribution in [2.45, 2.75) is 56.7 Å². The number of carbonyl (C=O) groups is 2. The maximum Gasteiger partial charge on any atom is 0.323 e. The van der Waals surface area contributed by atoms with Crippen LogP contribution in [0.1, 0.15) is 44.1 Å². The highest BCUT2D eigenvalue weighted by Crippen LogP contribution is 2.28. The summed E-state index contributed by atoms with van der Waals surface area (Å²) in [7, 11) is 1.27. The SMILES string of the molecule is COC(=O)[C@H](CC(=O)OCc1ccccc1)NC1(C#N)CCCCC1. The van der Waals surface area contributed by atoms with Crippen LogP contribution in [0, 0.1) is 11.3 Å². The Hall–Kier alpha value is -2.39. The van der Waals surface area contributed by atoms with Crippen molar-refractivity contribution in [2.75, 3.05) is 7.11 Å². The van der Waals surface area contributed by atoms with Gasteiger partial charge in [0.1, 0.15) is 18.2 Å². The first-order chi connectivity index (χ1) is 12.1. The molecule has 1 aromatic rings. The standard InChI is InChI=1S/C19H24N2O4/c1-24-18(23)16(21-19(14-20)10-6-3-7-11-19)12-17(22)25-13-15-8-4-2-5-9-15/h2,4-5,8-9,16,21H,3,6-7,10-13H2,1H3/t16-/m0/s1. The number of nitriles is 1. The molecule has 25 heavy (non-hydrogen) atoms. The Morgan fingerprint density at radius 3 is 2.52 bits per heavy atom. The number of rotatable bonds is 7. The van der Waals surface area contributed by atoms with Gasteiger partial charge in [0.25, 0.3) is 0 Å². The highest BCUT2D eigenvalue weighted by molar-refractivity contribution is 5.82. The number of hydrogen-bond donors (Lipinski definition) is 1.